The molecule has 0 atom stereocenters. The summed E-state index contributed by atoms with van der Waals surface area (Å²) in [4.78, 5) is 0. The number of hydrogen-bond acceptors (Lipinski definition) is 2. The normalized spacial score (nSPS) is 15.1. The molecule has 88 valence electrons. The molecule has 0 saturated heterocycles. The molecule has 0 amide bonds. The average molecular weight is 248 g/mol. The van der Waals surface area contributed by atoms with Gasteiger partial charge >= 0.3 is 0 Å². The molecule has 2 N–H and O–H groups in total. The summed E-state index contributed by atoms with van der Waals surface area (Å²) in [6, 6.07) is 7.85. The zero-order valence-corrected chi connectivity index (χ0v) is 10.2. The van der Waals surface area contributed by atoms with Crippen LogP contribution in [-0.4, -0.2) is 9.78 Å². The van der Waals surface area contributed by atoms with E-state index >= 15 is 0 Å². The van der Waals surface area contributed by atoms with E-state index < -0.39 is 0 Å². The van der Waals surface area contributed by atoms with Crippen molar-refractivity contribution in [1.82, 2.24) is 9.78 Å². The summed E-state index contributed by atoms with van der Waals surface area (Å²) in [6.07, 6.45) is 4.18. The second-order valence-corrected chi connectivity index (χ2v) is 4.92. The second-order valence-electron chi connectivity index (χ2n) is 4.51. The van der Waals surface area contributed by atoms with E-state index in [9.17, 15) is 0 Å². The van der Waals surface area contributed by atoms with Crippen LogP contribution in [0.1, 0.15) is 30.0 Å². The first-order valence-corrected chi connectivity index (χ1v) is 6.18. The van der Waals surface area contributed by atoms with Crippen LogP contribution in [0.15, 0.2) is 30.5 Å². The summed E-state index contributed by atoms with van der Waals surface area (Å²) in [7, 11) is 0. The average Bonchev–Trinajstić information content (AvgIpc) is 3.08. The molecule has 0 unspecified atom stereocenters. The molecule has 2 aromatic rings. The molecule has 0 spiro atoms. The van der Waals surface area contributed by atoms with E-state index in [1.807, 2.05) is 28.9 Å². The van der Waals surface area contributed by atoms with Crippen LogP contribution >= 0.6 is 11.6 Å². The molecular formula is C13H14ClN3. The quantitative estimate of drug-likeness (QED) is 0.906. The van der Waals surface area contributed by atoms with Crippen molar-refractivity contribution in [3.63, 3.8) is 0 Å². The summed E-state index contributed by atoms with van der Waals surface area (Å²) in [6.45, 7) is 0.697. The molecule has 1 aromatic carbocycles. The number of hydrogen-bond donors (Lipinski definition) is 1. The number of nitrogens with two attached hydrogens (primary N) is 1. The molecule has 0 radical (unpaired) electrons. The molecule has 1 saturated carbocycles. The van der Waals surface area contributed by atoms with Gasteiger partial charge in [0.05, 0.1) is 24.1 Å². The summed E-state index contributed by atoms with van der Waals surface area (Å²) >= 11 is 6.16. The number of rotatable bonds is 3. The number of nitrogens with zero attached hydrogens (tertiary/aromatic N) is 2. The van der Waals surface area contributed by atoms with Gasteiger partial charge in [-0.15, -0.1) is 0 Å². The van der Waals surface area contributed by atoms with E-state index in [1.54, 1.807) is 6.20 Å². The van der Waals surface area contributed by atoms with E-state index in [2.05, 4.69) is 5.10 Å². The minimum atomic E-state index is 0.597. The second kappa shape index (κ2) is 4.08. The van der Waals surface area contributed by atoms with Gasteiger partial charge in [0.1, 0.15) is 0 Å². The van der Waals surface area contributed by atoms with Gasteiger partial charge < -0.3 is 5.73 Å². The fraction of sp³-hybridized carbons (Fsp3) is 0.308. The zero-order valence-electron chi connectivity index (χ0n) is 9.44. The van der Waals surface area contributed by atoms with E-state index in [0.717, 1.165) is 16.3 Å². The lowest BCUT2D eigenvalue weighted by molar-refractivity contribution is 0.647. The number of aromatic nitrogens is 2. The van der Waals surface area contributed by atoms with Crippen molar-refractivity contribution in [2.45, 2.75) is 25.3 Å². The highest BCUT2D eigenvalue weighted by Gasteiger charge is 2.29. The van der Waals surface area contributed by atoms with Crippen LogP contribution in [0.4, 0.5) is 5.69 Å². The van der Waals surface area contributed by atoms with Crippen molar-refractivity contribution in [3.8, 4) is 0 Å². The van der Waals surface area contributed by atoms with Gasteiger partial charge in [-0.2, -0.15) is 5.10 Å². The number of anilines is 1. The molecule has 1 heterocycles. The molecular weight excluding hydrogens is 234 g/mol. The molecule has 3 nitrogen and oxygen atoms in total. The molecule has 0 aliphatic heterocycles. The van der Waals surface area contributed by atoms with Gasteiger partial charge in [0.25, 0.3) is 0 Å². The first-order chi connectivity index (χ1) is 8.25. The van der Waals surface area contributed by atoms with Crippen LogP contribution in [0.5, 0.6) is 0 Å². The summed E-state index contributed by atoms with van der Waals surface area (Å²) < 4.78 is 1.98. The Labute approximate surface area is 105 Å². The zero-order chi connectivity index (χ0) is 11.8. The highest BCUT2D eigenvalue weighted by atomic mass is 35.5. The van der Waals surface area contributed by atoms with Crippen molar-refractivity contribution in [2.75, 3.05) is 5.73 Å². The van der Waals surface area contributed by atoms with Crippen LogP contribution in [-0.2, 0) is 6.54 Å². The van der Waals surface area contributed by atoms with Crippen LogP contribution < -0.4 is 5.73 Å². The third-order valence-electron chi connectivity index (χ3n) is 3.15. The molecule has 3 rings (SSSR count). The minimum Gasteiger partial charge on any atom is -0.396 e. The minimum absolute atomic E-state index is 0.597. The lowest BCUT2D eigenvalue weighted by Crippen LogP contribution is -2.07. The molecule has 1 aliphatic rings. The van der Waals surface area contributed by atoms with Crippen molar-refractivity contribution >= 4 is 17.3 Å². The van der Waals surface area contributed by atoms with Gasteiger partial charge in [0.15, 0.2) is 0 Å². The summed E-state index contributed by atoms with van der Waals surface area (Å²) in [5.41, 5.74) is 9.02. The summed E-state index contributed by atoms with van der Waals surface area (Å²) in [5.74, 6) is 0.597. The van der Waals surface area contributed by atoms with Crippen LogP contribution in [0, 0.1) is 0 Å². The Morgan fingerprint density at radius 3 is 2.82 bits per heavy atom. The Balaban J connectivity index is 1.93. The van der Waals surface area contributed by atoms with Gasteiger partial charge in [0.2, 0.25) is 0 Å². The first kappa shape index (κ1) is 10.7. The van der Waals surface area contributed by atoms with Crippen molar-refractivity contribution < 1.29 is 0 Å². The van der Waals surface area contributed by atoms with Crippen LogP contribution in [0.3, 0.4) is 0 Å². The van der Waals surface area contributed by atoms with E-state index in [1.165, 1.54) is 18.5 Å². The highest BCUT2D eigenvalue weighted by molar-refractivity contribution is 6.31. The standard InChI is InChI=1S/C13H14ClN3/c14-11-4-2-1-3-10(11)8-17-13(9-5-6-9)12(15)7-16-17/h1-4,7,9H,5-6,8,15H2. The first-order valence-electron chi connectivity index (χ1n) is 5.80. The van der Waals surface area contributed by atoms with E-state index in [0.29, 0.717) is 12.5 Å². The molecule has 1 aromatic heterocycles. The predicted octanol–water partition coefficient (Wildman–Crippen LogP) is 3.04. The Bertz CT molecular complexity index is 543. The molecule has 1 fully saturated rings. The third kappa shape index (κ3) is 2.03. The molecule has 17 heavy (non-hydrogen) atoms. The lowest BCUT2D eigenvalue weighted by atomic mass is 10.2. The Kier molecular flexibility index (Phi) is 2.56. The SMILES string of the molecule is Nc1cnn(Cc2ccccc2Cl)c1C1CC1. The topological polar surface area (TPSA) is 43.8 Å². The Hall–Kier alpha value is -1.48. The lowest BCUT2D eigenvalue weighted by Gasteiger charge is -2.08. The monoisotopic (exact) mass is 247 g/mol. The van der Waals surface area contributed by atoms with E-state index in [4.69, 9.17) is 17.3 Å². The van der Waals surface area contributed by atoms with Crippen LogP contribution in [0.2, 0.25) is 5.02 Å². The van der Waals surface area contributed by atoms with Crippen molar-refractivity contribution in [2.24, 2.45) is 0 Å². The fourth-order valence-electron chi connectivity index (χ4n) is 2.13. The number of halogens is 1. The van der Waals surface area contributed by atoms with Crippen LogP contribution in [0.25, 0.3) is 0 Å². The smallest absolute Gasteiger partial charge is 0.0736 e. The van der Waals surface area contributed by atoms with Gasteiger partial charge in [-0.3, -0.25) is 4.68 Å². The predicted molar refractivity (Wildman–Crippen MR) is 69.2 cm³/mol. The van der Waals surface area contributed by atoms with E-state index in [-0.39, 0.29) is 0 Å². The Morgan fingerprint density at radius 1 is 1.35 bits per heavy atom. The maximum atomic E-state index is 6.16. The largest absolute Gasteiger partial charge is 0.396 e. The molecule has 0 bridgehead atoms. The van der Waals surface area contributed by atoms with Crippen molar-refractivity contribution in [3.05, 3.63) is 46.7 Å². The summed E-state index contributed by atoms with van der Waals surface area (Å²) in [5, 5.41) is 5.13. The third-order valence-corrected chi connectivity index (χ3v) is 3.52. The molecule has 4 heteroatoms. The number of nitrogen functional groups attached to an aromatic ring is 1. The maximum Gasteiger partial charge on any atom is 0.0736 e. The Morgan fingerprint density at radius 2 is 2.12 bits per heavy atom. The maximum absolute atomic E-state index is 6.16. The van der Waals surface area contributed by atoms with Crippen molar-refractivity contribution in [1.29, 1.82) is 0 Å². The van der Waals surface area contributed by atoms with Gasteiger partial charge in [-0.05, 0) is 24.5 Å². The number of benzene rings is 1. The highest BCUT2D eigenvalue weighted by Crippen LogP contribution is 2.42. The van der Waals surface area contributed by atoms with Gasteiger partial charge in [0, 0.05) is 10.9 Å². The van der Waals surface area contributed by atoms with Gasteiger partial charge in [-0.25, -0.2) is 0 Å². The molecule has 1 aliphatic carbocycles. The fourth-order valence-corrected chi connectivity index (χ4v) is 2.32. The van der Waals surface area contributed by atoms with Gasteiger partial charge in [-0.1, -0.05) is 29.8 Å².